The molecule has 0 amide bonds. The third kappa shape index (κ3) is 2.42. The van der Waals surface area contributed by atoms with Crippen LogP contribution in [0, 0.1) is 6.92 Å². The molecule has 0 aromatic carbocycles. The Bertz CT molecular complexity index is 451. The molecular weight excluding hydrogens is 230 g/mol. The highest BCUT2D eigenvalue weighted by Crippen LogP contribution is 2.25. The van der Waals surface area contributed by atoms with Crippen LogP contribution in [0.25, 0.3) is 0 Å². The van der Waals surface area contributed by atoms with Gasteiger partial charge in [-0.2, -0.15) is 5.10 Å². The third-order valence-corrected chi connectivity index (χ3v) is 3.40. The fraction of sp³-hybridized carbons (Fsp3) is 0.615. The minimum absolute atomic E-state index is 0.0418. The van der Waals surface area contributed by atoms with Gasteiger partial charge in [0, 0.05) is 32.8 Å². The van der Waals surface area contributed by atoms with Crippen molar-refractivity contribution in [3.8, 4) is 0 Å². The minimum atomic E-state index is 0.0418. The van der Waals surface area contributed by atoms with E-state index in [2.05, 4.69) is 16.1 Å². The third-order valence-electron chi connectivity index (χ3n) is 3.40. The van der Waals surface area contributed by atoms with Crippen LogP contribution in [0.3, 0.4) is 0 Å². The van der Waals surface area contributed by atoms with E-state index in [4.69, 9.17) is 4.74 Å². The Morgan fingerprint density at radius 3 is 2.83 bits per heavy atom. The van der Waals surface area contributed by atoms with E-state index in [1.807, 2.05) is 18.7 Å². The average molecular weight is 251 g/mol. The van der Waals surface area contributed by atoms with Crippen LogP contribution in [0.5, 0.6) is 0 Å². The van der Waals surface area contributed by atoms with Crippen LogP contribution in [0.2, 0.25) is 0 Å². The summed E-state index contributed by atoms with van der Waals surface area (Å²) < 4.78 is 7.01. The van der Waals surface area contributed by atoms with Gasteiger partial charge in [-0.15, -0.1) is 0 Å². The smallest absolute Gasteiger partial charge is 0.132 e. The van der Waals surface area contributed by atoms with Crippen molar-refractivity contribution in [1.29, 1.82) is 0 Å². The Balaban J connectivity index is 2.19. The molecule has 1 aliphatic heterocycles. The SMILES string of the molecule is COCC1=CCN(c2c(CO)c(C)nn2C)CC1. The second kappa shape index (κ2) is 5.54. The lowest BCUT2D eigenvalue weighted by Crippen LogP contribution is -2.31. The molecule has 1 aromatic heterocycles. The van der Waals surface area contributed by atoms with Crippen LogP contribution in [0.1, 0.15) is 17.7 Å². The number of nitrogens with zero attached hydrogens (tertiary/aromatic N) is 3. The number of hydrogen-bond donors (Lipinski definition) is 1. The van der Waals surface area contributed by atoms with E-state index in [0.29, 0.717) is 6.61 Å². The lowest BCUT2D eigenvalue weighted by Gasteiger charge is -2.29. The van der Waals surface area contributed by atoms with Gasteiger partial charge in [0.05, 0.1) is 18.9 Å². The topological polar surface area (TPSA) is 50.5 Å². The highest BCUT2D eigenvalue weighted by Gasteiger charge is 2.20. The molecule has 0 unspecified atom stereocenters. The Morgan fingerprint density at radius 1 is 1.50 bits per heavy atom. The van der Waals surface area contributed by atoms with Crippen molar-refractivity contribution in [2.75, 3.05) is 31.7 Å². The minimum Gasteiger partial charge on any atom is -0.391 e. The zero-order valence-corrected chi connectivity index (χ0v) is 11.3. The monoisotopic (exact) mass is 251 g/mol. The Labute approximate surface area is 108 Å². The number of aryl methyl sites for hydroxylation is 2. The normalized spacial score (nSPS) is 16.0. The number of aromatic nitrogens is 2. The maximum atomic E-state index is 9.46. The highest BCUT2D eigenvalue weighted by molar-refractivity contribution is 5.51. The number of anilines is 1. The molecule has 0 saturated carbocycles. The molecule has 0 bridgehead atoms. The lowest BCUT2D eigenvalue weighted by molar-refractivity contribution is 0.222. The zero-order chi connectivity index (χ0) is 13.1. The molecule has 0 radical (unpaired) electrons. The molecular formula is C13H21N3O2. The number of aliphatic hydroxyl groups excluding tert-OH is 1. The number of rotatable bonds is 4. The Morgan fingerprint density at radius 2 is 2.28 bits per heavy atom. The first-order chi connectivity index (χ1) is 8.67. The summed E-state index contributed by atoms with van der Waals surface area (Å²) in [6.45, 7) is 4.49. The van der Waals surface area contributed by atoms with Crippen molar-refractivity contribution in [1.82, 2.24) is 9.78 Å². The number of ether oxygens (including phenoxy) is 1. The summed E-state index contributed by atoms with van der Waals surface area (Å²) in [4.78, 5) is 2.25. The molecule has 0 fully saturated rings. The fourth-order valence-electron chi connectivity index (χ4n) is 2.49. The molecule has 5 heteroatoms. The quantitative estimate of drug-likeness (QED) is 0.811. The van der Waals surface area contributed by atoms with E-state index in [9.17, 15) is 5.11 Å². The number of methoxy groups -OCH3 is 1. The summed E-state index contributed by atoms with van der Waals surface area (Å²) in [7, 11) is 3.65. The van der Waals surface area contributed by atoms with Gasteiger partial charge >= 0.3 is 0 Å². The van der Waals surface area contributed by atoms with Gasteiger partial charge < -0.3 is 14.7 Å². The first-order valence-electron chi connectivity index (χ1n) is 6.22. The van der Waals surface area contributed by atoms with Crippen molar-refractivity contribution < 1.29 is 9.84 Å². The number of hydrogen-bond acceptors (Lipinski definition) is 4. The van der Waals surface area contributed by atoms with Crippen molar-refractivity contribution in [3.05, 3.63) is 22.9 Å². The first-order valence-corrected chi connectivity index (χ1v) is 6.22. The summed E-state index contributed by atoms with van der Waals surface area (Å²) >= 11 is 0. The van der Waals surface area contributed by atoms with Crippen LogP contribution >= 0.6 is 0 Å². The van der Waals surface area contributed by atoms with E-state index in [1.165, 1.54) is 5.57 Å². The van der Waals surface area contributed by atoms with Gasteiger partial charge in [0.25, 0.3) is 0 Å². The van der Waals surface area contributed by atoms with E-state index in [1.54, 1.807) is 7.11 Å². The van der Waals surface area contributed by atoms with Gasteiger partial charge in [0.2, 0.25) is 0 Å². The van der Waals surface area contributed by atoms with E-state index < -0.39 is 0 Å². The van der Waals surface area contributed by atoms with Crippen LogP contribution in [0.15, 0.2) is 11.6 Å². The van der Waals surface area contributed by atoms with Crippen molar-refractivity contribution in [2.45, 2.75) is 20.0 Å². The van der Waals surface area contributed by atoms with E-state index in [-0.39, 0.29) is 6.61 Å². The Kier molecular flexibility index (Phi) is 4.04. The highest BCUT2D eigenvalue weighted by atomic mass is 16.5. The van der Waals surface area contributed by atoms with Crippen LogP contribution in [0.4, 0.5) is 5.82 Å². The molecule has 0 aliphatic carbocycles. The van der Waals surface area contributed by atoms with Crippen LogP contribution in [-0.4, -0.2) is 41.7 Å². The molecule has 2 rings (SSSR count). The standard InChI is InChI=1S/C13H21N3O2/c1-10-12(8-17)13(15(2)14-10)16-6-4-11(5-7-16)9-18-3/h4,17H,5-9H2,1-3H3. The maximum absolute atomic E-state index is 9.46. The molecule has 0 spiro atoms. The lowest BCUT2D eigenvalue weighted by atomic mass is 10.1. The van der Waals surface area contributed by atoms with Gasteiger partial charge in [-0.3, -0.25) is 4.68 Å². The summed E-state index contributed by atoms with van der Waals surface area (Å²) in [6.07, 6.45) is 3.21. The van der Waals surface area contributed by atoms with E-state index in [0.717, 1.165) is 36.6 Å². The molecule has 5 nitrogen and oxygen atoms in total. The summed E-state index contributed by atoms with van der Waals surface area (Å²) in [5, 5.41) is 13.8. The fourth-order valence-corrected chi connectivity index (χ4v) is 2.49. The first kappa shape index (κ1) is 13.1. The number of aliphatic hydroxyl groups is 1. The van der Waals surface area contributed by atoms with Crippen LogP contribution < -0.4 is 4.90 Å². The van der Waals surface area contributed by atoms with Gasteiger partial charge in [-0.1, -0.05) is 6.08 Å². The second-order valence-corrected chi connectivity index (χ2v) is 4.66. The van der Waals surface area contributed by atoms with Crippen molar-refractivity contribution in [3.63, 3.8) is 0 Å². The molecule has 0 atom stereocenters. The predicted octanol–water partition coefficient (Wildman–Crippen LogP) is 1.00. The molecule has 1 N–H and O–H groups in total. The van der Waals surface area contributed by atoms with E-state index >= 15 is 0 Å². The van der Waals surface area contributed by atoms with Crippen LogP contribution in [-0.2, 0) is 18.4 Å². The molecule has 2 heterocycles. The molecule has 1 aromatic rings. The molecule has 18 heavy (non-hydrogen) atoms. The molecule has 1 aliphatic rings. The zero-order valence-electron chi connectivity index (χ0n) is 11.3. The second-order valence-electron chi connectivity index (χ2n) is 4.66. The van der Waals surface area contributed by atoms with Crippen molar-refractivity contribution in [2.24, 2.45) is 7.05 Å². The van der Waals surface area contributed by atoms with Gasteiger partial charge in [0.15, 0.2) is 0 Å². The summed E-state index contributed by atoms with van der Waals surface area (Å²) in [5.41, 5.74) is 3.18. The summed E-state index contributed by atoms with van der Waals surface area (Å²) in [6, 6.07) is 0. The molecule has 100 valence electrons. The predicted molar refractivity (Wildman–Crippen MR) is 70.7 cm³/mol. The molecule has 0 saturated heterocycles. The maximum Gasteiger partial charge on any atom is 0.132 e. The van der Waals surface area contributed by atoms with Gasteiger partial charge in [-0.25, -0.2) is 0 Å². The van der Waals surface area contributed by atoms with Crippen molar-refractivity contribution >= 4 is 5.82 Å². The van der Waals surface area contributed by atoms with Gasteiger partial charge in [-0.05, 0) is 18.9 Å². The Hall–Kier alpha value is -1.33. The largest absolute Gasteiger partial charge is 0.391 e. The average Bonchev–Trinajstić information content (AvgIpc) is 2.65. The van der Waals surface area contributed by atoms with Gasteiger partial charge in [0.1, 0.15) is 5.82 Å². The summed E-state index contributed by atoms with van der Waals surface area (Å²) in [5.74, 6) is 1.03.